The Labute approximate surface area is 155 Å². The average molecular weight is 395 g/mol. The summed E-state index contributed by atoms with van der Waals surface area (Å²) in [6.45, 7) is 2.78. The molecule has 26 heavy (non-hydrogen) atoms. The minimum absolute atomic E-state index is 0.0161. The predicted octanol–water partition coefficient (Wildman–Crippen LogP) is 2.97. The molecule has 0 amide bonds. The van der Waals surface area contributed by atoms with Crippen molar-refractivity contribution >= 4 is 25.7 Å². The minimum Gasteiger partial charge on any atom is -0.278 e. The lowest BCUT2D eigenvalue weighted by atomic mass is 10.2. The number of sulfonamides is 2. The van der Waals surface area contributed by atoms with Gasteiger partial charge in [0.1, 0.15) is 4.90 Å². The molecule has 0 spiro atoms. The Balaban J connectivity index is 1.96. The van der Waals surface area contributed by atoms with Crippen LogP contribution in [0.15, 0.2) is 58.3 Å². The smallest absolute Gasteiger partial charge is 0.261 e. The third-order valence-corrected chi connectivity index (χ3v) is 7.73. The van der Waals surface area contributed by atoms with Crippen LogP contribution in [-0.2, 0) is 20.0 Å². The van der Waals surface area contributed by atoms with Gasteiger partial charge in [-0.2, -0.15) is 4.31 Å². The van der Waals surface area contributed by atoms with E-state index >= 15 is 0 Å². The van der Waals surface area contributed by atoms with Crippen molar-refractivity contribution in [2.45, 2.75) is 36.0 Å². The Morgan fingerprint density at radius 3 is 2.12 bits per heavy atom. The van der Waals surface area contributed by atoms with E-state index in [1.54, 1.807) is 24.3 Å². The second kappa shape index (κ2) is 7.38. The first kappa shape index (κ1) is 18.9. The Bertz CT molecular complexity index is 978. The van der Waals surface area contributed by atoms with Crippen LogP contribution in [0.5, 0.6) is 0 Å². The van der Waals surface area contributed by atoms with Gasteiger partial charge in [0.25, 0.3) is 10.0 Å². The number of anilines is 1. The predicted molar refractivity (Wildman–Crippen MR) is 101 cm³/mol. The highest BCUT2D eigenvalue weighted by molar-refractivity contribution is 7.93. The van der Waals surface area contributed by atoms with E-state index in [0.29, 0.717) is 13.1 Å². The van der Waals surface area contributed by atoms with Crippen LogP contribution in [0.3, 0.4) is 0 Å². The lowest BCUT2D eigenvalue weighted by molar-refractivity contribution is 0.347. The summed E-state index contributed by atoms with van der Waals surface area (Å²) < 4.78 is 55.1. The number of para-hydroxylation sites is 1. The molecule has 0 atom stereocenters. The fourth-order valence-corrected chi connectivity index (χ4v) is 5.75. The SMILES string of the molecule is Cc1ccc(S(=O)(=O)Nc2ccccc2S(=O)(=O)N2CCCCC2)cc1. The van der Waals surface area contributed by atoms with Gasteiger partial charge in [-0.25, -0.2) is 16.8 Å². The molecule has 0 aromatic heterocycles. The summed E-state index contributed by atoms with van der Waals surface area (Å²) in [6.07, 6.45) is 2.64. The molecule has 3 rings (SSSR count). The van der Waals surface area contributed by atoms with E-state index in [1.165, 1.54) is 28.6 Å². The van der Waals surface area contributed by atoms with Crippen LogP contribution < -0.4 is 4.72 Å². The first-order valence-corrected chi connectivity index (χ1v) is 11.4. The molecule has 8 heteroatoms. The normalized spacial score (nSPS) is 16.3. The van der Waals surface area contributed by atoms with E-state index in [1.807, 2.05) is 6.92 Å². The maximum atomic E-state index is 13.0. The number of hydrogen-bond donors (Lipinski definition) is 1. The van der Waals surface area contributed by atoms with Gasteiger partial charge in [0.05, 0.1) is 10.6 Å². The van der Waals surface area contributed by atoms with Gasteiger partial charge in [0.15, 0.2) is 0 Å². The summed E-state index contributed by atoms with van der Waals surface area (Å²) in [4.78, 5) is 0.0749. The van der Waals surface area contributed by atoms with Gasteiger partial charge in [-0.15, -0.1) is 0 Å². The third kappa shape index (κ3) is 3.92. The highest BCUT2D eigenvalue weighted by Gasteiger charge is 2.29. The quantitative estimate of drug-likeness (QED) is 0.845. The second-order valence-corrected chi connectivity index (χ2v) is 9.97. The summed E-state index contributed by atoms with van der Waals surface area (Å²) in [5, 5.41) is 0. The van der Waals surface area contributed by atoms with Gasteiger partial charge in [-0.3, -0.25) is 4.72 Å². The van der Waals surface area contributed by atoms with Crippen molar-refractivity contribution in [1.82, 2.24) is 4.31 Å². The number of aryl methyl sites for hydroxylation is 1. The molecule has 6 nitrogen and oxygen atoms in total. The molecular formula is C18H22N2O4S2. The highest BCUT2D eigenvalue weighted by atomic mass is 32.2. The van der Waals surface area contributed by atoms with E-state index in [-0.39, 0.29) is 15.5 Å². The Morgan fingerprint density at radius 2 is 1.46 bits per heavy atom. The van der Waals surface area contributed by atoms with Crippen molar-refractivity contribution in [1.29, 1.82) is 0 Å². The van der Waals surface area contributed by atoms with Gasteiger partial charge in [0, 0.05) is 13.1 Å². The van der Waals surface area contributed by atoms with Gasteiger partial charge < -0.3 is 0 Å². The summed E-state index contributed by atoms with van der Waals surface area (Å²) in [5.41, 5.74) is 1.01. The van der Waals surface area contributed by atoms with Gasteiger partial charge >= 0.3 is 0 Å². The van der Waals surface area contributed by atoms with E-state index in [4.69, 9.17) is 0 Å². The number of piperidine rings is 1. The molecule has 1 aliphatic heterocycles. The maximum absolute atomic E-state index is 13.0. The molecule has 0 radical (unpaired) electrons. The number of nitrogens with one attached hydrogen (secondary N) is 1. The first-order valence-electron chi connectivity index (χ1n) is 8.49. The molecule has 2 aromatic carbocycles. The zero-order valence-corrected chi connectivity index (χ0v) is 16.2. The minimum atomic E-state index is -3.88. The average Bonchev–Trinajstić information content (AvgIpc) is 2.63. The van der Waals surface area contributed by atoms with Crippen molar-refractivity contribution in [2.75, 3.05) is 17.8 Å². The number of hydrogen-bond acceptors (Lipinski definition) is 4. The van der Waals surface area contributed by atoms with Gasteiger partial charge in [0.2, 0.25) is 10.0 Å². The number of benzene rings is 2. The first-order chi connectivity index (χ1) is 12.3. The molecule has 1 aliphatic rings. The molecule has 0 saturated carbocycles. The highest BCUT2D eigenvalue weighted by Crippen LogP contribution is 2.28. The molecule has 0 bridgehead atoms. The van der Waals surface area contributed by atoms with Crippen molar-refractivity contribution < 1.29 is 16.8 Å². The van der Waals surface area contributed by atoms with Crippen LogP contribution in [0.4, 0.5) is 5.69 Å². The Kier molecular flexibility index (Phi) is 5.36. The molecule has 0 aliphatic carbocycles. The Morgan fingerprint density at radius 1 is 0.846 bits per heavy atom. The fraction of sp³-hybridized carbons (Fsp3) is 0.333. The molecule has 2 aromatic rings. The van der Waals surface area contributed by atoms with Crippen LogP contribution in [-0.4, -0.2) is 34.2 Å². The van der Waals surface area contributed by atoms with Crippen molar-refractivity contribution in [3.63, 3.8) is 0 Å². The lowest BCUT2D eigenvalue weighted by Gasteiger charge is -2.26. The zero-order valence-electron chi connectivity index (χ0n) is 14.6. The van der Waals surface area contributed by atoms with Crippen molar-refractivity contribution in [3.05, 3.63) is 54.1 Å². The summed E-state index contributed by atoms with van der Waals surface area (Å²) in [5.74, 6) is 0. The second-order valence-electron chi connectivity index (χ2n) is 6.38. The zero-order chi connectivity index (χ0) is 18.8. The van der Waals surface area contributed by atoms with Crippen LogP contribution in [0.1, 0.15) is 24.8 Å². The topological polar surface area (TPSA) is 83.5 Å². The van der Waals surface area contributed by atoms with E-state index in [0.717, 1.165) is 24.8 Å². The molecule has 1 fully saturated rings. The molecule has 1 heterocycles. The fourth-order valence-electron chi connectivity index (χ4n) is 2.94. The van der Waals surface area contributed by atoms with Crippen LogP contribution in [0, 0.1) is 6.92 Å². The molecular weight excluding hydrogens is 372 g/mol. The van der Waals surface area contributed by atoms with E-state index in [2.05, 4.69) is 4.72 Å². The molecule has 0 unspecified atom stereocenters. The van der Waals surface area contributed by atoms with Gasteiger partial charge in [-0.05, 0) is 44.0 Å². The van der Waals surface area contributed by atoms with Gasteiger partial charge in [-0.1, -0.05) is 36.2 Å². The molecule has 1 N–H and O–H groups in total. The number of rotatable bonds is 5. The maximum Gasteiger partial charge on any atom is 0.261 e. The van der Waals surface area contributed by atoms with Crippen molar-refractivity contribution in [2.24, 2.45) is 0 Å². The summed E-state index contributed by atoms with van der Waals surface area (Å²) in [7, 11) is -7.62. The van der Waals surface area contributed by atoms with Crippen LogP contribution in [0.25, 0.3) is 0 Å². The Hall–Kier alpha value is -1.90. The summed E-state index contributed by atoms with van der Waals surface area (Å²) in [6, 6.07) is 12.5. The van der Waals surface area contributed by atoms with E-state index < -0.39 is 20.0 Å². The van der Waals surface area contributed by atoms with Crippen LogP contribution in [0.2, 0.25) is 0 Å². The monoisotopic (exact) mass is 394 g/mol. The number of nitrogens with zero attached hydrogens (tertiary/aromatic N) is 1. The lowest BCUT2D eigenvalue weighted by Crippen LogP contribution is -2.36. The third-order valence-electron chi connectivity index (χ3n) is 4.40. The standard InChI is InChI=1S/C18H22N2O4S2/c1-15-9-11-16(12-10-15)25(21,22)19-17-7-3-4-8-18(17)26(23,24)20-13-5-2-6-14-20/h3-4,7-12,19H,2,5-6,13-14H2,1H3. The van der Waals surface area contributed by atoms with Crippen molar-refractivity contribution in [3.8, 4) is 0 Å². The van der Waals surface area contributed by atoms with Crippen LogP contribution >= 0.6 is 0 Å². The van der Waals surface area contributed by atoms with E-state index in [9.17, 15) is 16.8 Å². The summed E-state index contributed by atoms with van der Waals surface area (Å²) >= 11 is 0. The largest absolute Gasteiger partial charge is 0.278 e. The molecule has 1 saturated heterocycles. The molecule has 140 valence electrons.